The molecule has 0 aromatic heterocycles. The number of ketones is 1. The summed E-state index contributed by atoms with van der Waals surface area (Å²) in [6.07, 6.45) is 4.54. The fourth-order valence-corrected chi connectivity index (χ4v) is 7.77. The van der Waals surface area contributed by atoms with Crippen molar-refractivity contribution in [3.05, 3.63) is 95.1 Å². The number of rotatable bonds is 8. The van der Waals surface area contributed by atoms with Crippen molar-refractivity contribution in [1.29, 1.82) is 5.26 Å². The van der Waals surface area contributed by atoms with E-state index < -0.39 is 23.9 Å². The van der Waals surface area contributed by atoms with Gasteiger partial charge in [-0.05, 0) is 48.2 Å². The quantitative estimate of drug-likeness (QED) is 0.343. The number of Topliss-reactive ketones (excluding diaryl/α,β-unsaturated/α-hetero) is 1. The second-order valence-electron chi connectivity index (χ2n) is 12.7. The van der Waals surface area contributed by atoms with Gasteiger partial charge in [0.2, 0.25) is 11.8 Å². The van der Waals surface area contributed by atoms with E-state index in [1.165, 1.54) is 0 Å². The summed E-state index contributed by atoms with van der Waals surface area (Å²) in [6.45, 7) is 2.35. The number of carbonyl (C=O) groups excluding carboxylic acids is 3. The first-order valence-corrected chi connectivity index (χ1v) is 16.6. The van der Waals surface area contributed by atoms with Gasteiger partial charge in [0, 0.05) is 43.6 Å². The highest BCUT2D eigenvalue weighted by Crippen LogP contribution is 2.53. The van der Waals surface area contributed by atoms with Gasteiger partial charge in [0.25, 0.3) is 0 Å². The largest absolute Gasteiger partial charge is 0.493 e. The topological polar surface area (TPSA) is 112 Å². The zero-order valence-electron chi connectivity index (χ0n) is 27.1. The van der Waals surface area contributed by atoms with Crippen LogP contribution in [0, 0.1) is 23.2 Å². The molecule has 6 rings (SSSR count). The van der Waals surface area contributed by atoms with Gasteiger partial charge in [-0.15, -0.1) is 0 Å². The zero-order valence-corrected chi connectivity index (χ0v) is 27.1. The first-order valence-electron chi connectivity index (χ1n) is 16.6. The molecule has 1 saturated carbocycles. The van der Waals surface area contributed by atoms with Crippen LogP contribution in [-0.4, -0.2) is 73.8 Å². The van der Waals surface area contributed by atoms with Crippen LogP contribution in [0.5, 0.6) is 11.5 Å². The molecule has 0 bridgehead atoms. The Balaban J connectivity index is 1.59. The van der Waals surface area contributed by atoms with Crippen LogP contribution in [0.3, 0.4) is 0 Å². The lowest BCUT2D eigenvalue weighted by atomic mass is 9.75. The molecule has 2 saturated heterocycles. The van der Waals surface area contributed by atoms with Crippen molar-refractivity contribution in [2.24, 2.45) is 11.8 Å². The second-order valence-corrected chi connectivity index (χ2v) is 12.7. The van der Waals surface area contributed by atoms with E-state index in [-0.39, 0.29) is 23.5 Å². The Morgan fingerprint density at radius 2 is 1.49 bits per heavy atom. The molecular weight excluding hydrogens is 592 g/mol. The maximum Gasteiger partial charge on any atom is 0.246 e. The van der Waals surface area contributed by atoms with Gasteiger partial charge in [0.15, 0.2) is 17.3 Å². The van der Waals surface area contributed by atoms with Gasteiger partial charge in [-0.2, -0.15) is 5.26 Å². The summed E-state index contributed by atoms with van der Waals surface area (Å²) in [5, 5.41) is 12.8. The van der Waals surface area contributed by atoms with Gasteiger partial charge in [0.05, 0.1) is 37.8 Å². The Kier molecular flexibility index (Phi) is 9.88. The highest BCUT2D eigenvalue weighted by molar-refractivity contribution is 6.02. The van der Waals surface area contributed by atoms with Crippen LogP contribution in [0.1, 0.15) is 71.1 Å². The first-order chi connectivity index (χ1) is 23.0. The highest BCUT2D eigenvalue weighted by Gasteiger charge is 2.58. The van der Waals surface area contributed by atoms with Crippen LogP contribution in [0.25, 0.3) is 0 Å². The highest BCUT2D eigenvalue weighted by atomic mass is 16.5. The molecule has 3 aromatic rings. The molecule has 9 nitrogen and oxygen atoms in total. The summed E-state index contributed by atoms with van der Waals surface area (Å²) >= 11 is 0. The number of carbonyl (C=O) groups is 3. The van der Waals surface area contributed by atoms with E-state index in [1.807, 2.05) is 47.4 Å². The zero-order chi connectivity index (χ0) is 32.9. The Morgan fingerprint density at radius 1 is 0.809 bits per heavy atom. The molecule has 4 unspecified atom stereocenters. The maximum absolute atomic E-state index is 15.0. The SMILES string of the molecule is COc1ccc(C2C(C(=O)c3ccc(C#N)cc3)C(c3ccccc3)N(C(=O)C3CCCCC3)C2C(=O)N2CCNCC2)cc1OC. The first kappa shape index (κ1) is 32.3. The molecular formula is C38H42N4O5. The molecule has 1 N–H and O–H groups in total. The van der Waals surface area contributed by atoms with E-state index in [0.717, 1.165) is 43.2 Å². The number of benzene rings is 3. The Hall–Kier alpha value is -4.68. The van der Waals surface area contributed by atoms with Crippen molar-refractivity contribution in [1.82, 2.24) is 15.1 Å². The Labute approximate surface area is 276 Å². The normalized spacial score (nSPS) is 23.2. The summed E-state index contributed by atoms with van der Waals surface area (Å²) in [5.74, 6) is -1.08. The summed E-state index contributed by atoms with van der Waals surface area (Å²) in [4.78, 5) is 48.5. The molecule has 3 aromatic carbocycles. The smallest absolute Gasteiger partial charge is 0.246 e. The standard InChI is InChI=1S/C38H42N4O5/c1-46-30-18-17-29(23-31(30)47-2)32-33(36(43)27-15-13-25(24-39)14-16-27)34(26-9-5-3-6-10-26)42(37(44)28-11-7-4-8-12-28)35(32)38(45)41-21-19-40-20-22-41/h3,5-6,9-10,13-18,23,28,32-35,40H,4,7-8,11-12,19-22H2,1-2H3. The molecule has 4 atom stereocenters. The molecule has 2 heterocycles. The Bertz CT molecular complexity index is 1620. The molecule has 244 valence electrons. The van der Waals surface area contributed by atoms with Crippen molar-refractivity contribution >= 4 is 17.6 Å². The molecule has 3 fully saturated rings. The van der Waals surface area contributed by atoms with Crippen molar-refractivity contribution < 1.29 is 23.9 Å². The van der Waals surface area contributed by atoms with E-state index in [4.69, 9.17) is 9.47 Å². The molecule has 2 aliphatic heterocycles. The summed E-state index contributed by atoms with van der Waals surface area (Å²) in [7, 11) is 3.13. The number of piperazine rings is 1. The number of amides is 2. The molecule has 0 radical (unpaired) electrons. The fraction of sp³-hybridized carbons (Fsp3) is 0.421. The number of nitrogens with zero attached hydrogens (tertiary/aromatic N) is 3. The molecule has 1 aliphatic carbocycles. The number of hydrogen-bond donors (Lipinski definition) is 1. The minimum absolute atomic E-state index is 0.0624. The lowest BCUT2D eigenvalue weighted by molar-refractivity contribution is -0.149. The van der Waals surface area contributed by atoms with Crippen LogP contribution in [0.2, 0.25) is 0 Å². The van der Waals surface area contributed by atoms with Crippen LogP contribution < -0.4 is 14.8 Å². The number of likely N-dealkylation sites (tertiary alicyclic amines) is 1. The lowest BCUT2D eigenvalue weighted by Crippen LogP contribution is -2.55. The van der Waals surface area contributed by atoms with Gasteiger partial charge >= 0.3 is 0 Å². The average molecular weight is 635 g/mol. The van der Waals surface area contributed by atoms with Crippen molar-refractivity contribution in [2.45, 2.75) is 50.1 Å². The van der Waals surface area contributed by atoms with Gasteiger partial charge < -0.3 is 24.6 Å². The number of ether oxygens (including phenoxy) is 2. The van der Waals surface area contributed by atoms with E-state index in [0.29, 0.717) is 48.8 Å². The van der Waals surface area contributed by atoms with Gasteiger partial charge in [0.1, 0.15) is 6.04 Å². The third-order valence-electron chi connectivity index (χ3n) is 10.1. The van der Waals surface area contributed by atoms with Crippen LogP contribution in [0.15, 0.2) is 72.8 Å². The van der Waals surface area contributed by atoms with Crippen LogP contribution >= 0.6 is 0 Å². The fourth-order valence-electron chi connectivity index (χ4n) is 7.77. The molecule has 47 heavy (non-hydrogen) atoms. The summed E-state index contributed by atoms with van der Waals surface area (Å²) < 4.78 is 11.3. The minimum Gasteiger partial charge on any atom is -0.493 e. The van der Waals surface area contributed by atoms with Crippen LogP contribution in [-0.2, 0) is 9.59 Å². The second kappa shape index (κ2) is 14.4. The molecule has 0 spiro atoms. The summed E-state index contributed by atoms with van der Waals surface area (Å²) in [6, 6.07) is 22.3. The van der Waals surface area contributed by atoms with Crippen LogP contribution in [0.4, 0.5) is 0 Å². The van der Waals surface area contributed by atoms with Gasteiger partial charge in [-0.3, -0.25) is 14.4 Å². The molecule has 3 aliphatic rings. The van der Waals surface area contributed by atoms with Gasteiger partial charge in [-0.1, -0.05) is 67.8 Å². The predicted octanol–water partition coefficient (Wildman–Crippen LogP) is 5.12. The third-order valence-corrected chi connectivity index (χ3v) is 10.1. The van der Waals surface area contributed by atoms with E-state index >= 15 is 0 Å². The number of nitriles is 1. The number of nitrogens with one attached hydrogen (secondary N) is 1. The maximum atomic E-state index is 15.0. The van der Waals surface area contributed by atoms with E-state index in [1.54, 1.807) is 49.5 Å². The van der Waals surface area contributed by atoms with E-state index in [2.05, 4.69) is 11.4 Å². The predicted molar refractivity (Wildman–Crippen MR) is 177 cm³/mol. The van der Waals surface area contributed by atoms with Gasteiger partial charge in [-0.25, -0.2) is 0 Å². The van der Waals surface area contributed by atoms with Crippen molar-refractivity contribution in [3.8, 4) is 17.6 Å². The molecule has 2 amide bonds. The van der Waals surface area contributed by atoms with Crippen molar-refractivity contribution in [2.75, 3.05) is 40.4 Å². The average Bonchev–Trinajstić information content (AvgIpc) is 3.50. The number of methoxy groups -OCH3 is 2. The monoisotopic (exact) mass is 634 g/mol. The third kappa shape index (κ3) is 6.35. The Morgan fingerprint density at radius 3 is 2.13 bits per heavy atom. The number of hydrogen-bond acceptors (Lipinski definition) is 7. The summed E-state index contributed by atoms with van der Waals surface area (Å²) in [5.41, 5.74) is 2.42. The molecule has 9 heteroatoms. The van der Waals surface area contributed by atoms with Crippen molar-refractivity contribution in [3.63, 3.8) is 0 Å². The lowest BCUT2D eigenvalue weighted by Gasteiger charge is -2.38. The van der Waals surface area contributed by atoms with E-state index in [9.17, 15) is 19.6 Å². The minimum atomic E-state index is -0.918.